The molecule has 0 saturated heterocycles. The van der Waals surface area contributed by atoms with Gasteiger partial charge in [-0.05, 0) is 19.2 Å². The first-order chi connectivity index (χ1) is 13.3. The molecule has 174 valence electrons. The quantitative estimate of drug-likeness (QED) is 0.174. The van der Waals surface area contributed by atoms with Gasteiger partial charge in [-0.2, -0.15) is 0 Å². The van der Waals surface area contributed by atoms with E-state index in [9.17, 15) is 0 Å². The van der Waals surface area contributed by atoms with Gasteiger partial charge in [-0.1, -0.05) is 6.92 Å². The summed E-state index contributed by atoms with van der Waals surface area (Å²) in [5.74, 6) is -3.33. The number of aliphatic carboxylic acids is 4. The Hall–Kier alpha value is -2.57. The number of carboxylic acids is 4. The minimum absolute atomic E-state index is 0.831. The molecule has 0 rings (SSSR count). The van der Waals surface area contributed by atoms with E-state index in [2.05, 4.69) is 22.9 Å². The molecule has 0 aromatic heterocycles. The summed E-state index contributed by atoms with van der Waals surface area (Å²) in [6.07, 6.45) is 2.27. The number of likely N-dealkylation sites (N-methyl/N-ethyl adjacent to an activating group) is 1. The minimum atomic E-state index is -0.833. The third kappa shape index (κ3) is 253. The molecule has 0 heterocycles. The zero-order valence-corrected chi connectivity index (χ0v) is 17.9. The Bertz CT molecular complexity index is 343. The highest BCUT2D eigenvalue weighted by atomic mass is 16.4. The Labute approximate surface area is 172 Å². The molecule has 0 aromatic carbocycles. The lowest BCUT2D eigenvalue weighted by atomic mass is 10.4. The van der Waals surface area contributed by atoms with Gasteiger partial charge in [0.05, 0.1) is 0 Å². The maximum atomic E-state index is 9.00. The molecule has 0 aromatic rings. The van der Waals surface area contributed by atoms with Gasteiger partial charge in [0.1, 0.15) is 0 Å². The second-order valence-electron chi connectivity index (χ2n) is 4.92. The van der Waals surface area contributed by atoms with Crippen LogP contribution in [0.25, 0.3) is 0 Å². The van der Waals surface area contributed by atoms with Crippen LogP contribution < -0.4 is 16.0 Å². The number of nitrogens with one attached hydrogen (secondary N) is 4. The summed E-state index contributed by atoms with van der Waals surface area (Å²) in [4.78, 5) is 36.0. The Kier molecular flexibility index (Phi) is 46.7. The highest BCUT2D eigenvalue weighted by Gasteiger charge is 1.86. The number of rotatable bonds is 10. The van der Waals surface area contributed by atoms with E-state index in [0.29, 0.717) is 0 Å². The molecular weight excluding hydrogens is 388 g/mol. The summed E-state index contributed by atoms with van der Waals surface area (Å²) >= 11 is 0. The van der Waals surface area contributed by atoms with E-state index in [1.807, 2.05) is 0 Å². The van der Waals surface area contributed by atoms with Crippen LogP contribution in [0, 0.1) is 5.41 Å². The SMILES string of the molecule is CC(=O)O.CC(=O)O.CC(=O)O.CC(=O)O.CCNCCNCCNCCC=N. The molecule has 29 heavy (non-hydrogen) atoms. The normalized spacial score (nSPS) is 8.03. The van der Waals surface area contributed by atoms with Gasteiger partial charge in [-0.15, -0.1) is 0 Å². The Morgan fingerprint density at radius 1 is 0.655 bits per heavy atom. The predicted octanol–water partition coefficient (Wildman–Crippen LogP) is 0.178. The molecule has 12 heteroatoms. The van der Waals surface area contributed by atoms with Gasteiger partial charge in [0.25, 0.3) is 23.9 Å². The first-order valence-corrected chi connectivity index (χ1v) is 8.74. The van der Waals surface area contributed by atoms with Crippen LogP contribution in [0.1, 0.15) is 41.0 Å². The summed E-state index contributed by atoms with van der Waals surface area (Å²) in [7, 11) is 0. The molecule has 0 aliphatic rings. The molecule has 0 fully saturated rings. The molecule has 8 N–H and O–H groups in total. The van der Waals surface area contributed by atoms with Crippen molar-refractivity contribution in [3.8, 4) is 0 Å². The van der Waals surface area contributed by atoms with Crippen molar-refractivity contribution < 1.29 is 39.6 Å². The number of carbonyl (C=O) groups is 4. The summed E-state index contributed by atoms with van der Waals surface area (Å²) in [5, 5.41) is 46.3. The van der Waals surface area contributed by atoms with E-state index in [0.717, 1.165) is 73.4 Å². The first kappa shape index (κ1) is 37.2. The fraction of sp³-hybridized carbons (Fsp3) is 0.706. The highest BCUT2D eigenvalue weighted by molar-refractivity contribution is 5.63. The van der Waals surface area contributed by atoms with E-state index in [4.69, 9.17) is 45.0 Å². The van der Waals surface area contributed by atoms with Gasteiger partial charge in [0.15, 0.2) is 0 Å². The lowest BCUT2D eigenvalue weighted by Gasteiger charge is -2.05. The van der Waals surface area contributed by atoms with Gasteiger partial charge >= 0.3 is 0 Å². The highest BCUT2D eigenvalue weighted by Crippen LogP contribution is 1.66. The first-order valence-electron chi connectivity index (χ1n) is 8.74. The van der Waals surface area contributed by atoms with E-state index < -0.39 is 23.9 Å². The van der Waals surface area contributed by atoms with Crippen molar-refractivity contribution in [3.05, 3.63) is 0 Å². The van der Waals surface area contributed by atoms with Crippen molar-refractivity contribution in [1.29, 1.82) is 5.41 Å². The van der Waals surface area contributed by atoms with Crippen LogP contribution >= 0.6 is 0 Å². The van der Waals surface area contributed by atoms with Crippen LogP contribution in [0.15, 0.2) is 0 Å². The molecular formula is C17H38N4O8. The van der Waals surface area contributed by atoms with Gasteiger partial charge in [-0.25, -0.2) is 0 Å². The average molecular weight is 427 g/mol. The van der Waals surface area contributed by atoms with Crippen LogP contribution in [-0.2, 0) is 19.2 Å². The summed E-state index contributed by atoms with van der Waals surface area (Å²) in [5.41, 5.74) is 0. The van der Waals surface area contributed by atoms with Crippen molar-refractivity contribution in [2.75, 3.05) is 39.3 Å². The molecule has 0 radical (unpaired) electrons. The van der Waals surface area contributed by atoms with E-state index in [1.54, 1.807) is 0 Å². The third-order valence-corrected chi connectivity index (χ3v) is 1.67. The van der Waals surface area contributed by atoms with Crippen LogP contribution in [0.2, 0.25) is 0 Å². The maximum Gasteiger partial charge on any atom is 0.300 e. The zero-order valence-electron chi connectivity index (χ0n) is 17.9. The molecule has 0 spiro atoms. The fourth-order valence-corrected chi connectivity index (χ4v) is 0.955. The van der Waals surface area contributed by atoms with Gasteiger partial charge < -0.3 is 41.8 Å². The van der Waals surface area contributed by atoms with Crippen LogP contribution in [-0.4, -0.2) is 89.8 Å². The second-order valence-corrected chi connectivity index (χ2v) is 4.92. The van der Waals surface area contributed by atoms with E-state index >= 15 is 0 Å². The maximum absolute atomic E-state index is 9.00. The predicted molar refractivity (Wildman–Crippen MR) is 111 cm³/mol. The second kappa shape index (κ2) is 36.4. The topological polar surface area (TPSA) is 209 Å². The number of hydrogen-bond donors (Lipinski definition) is 8. The summed E-state index contributed by atoms with van der Waals surface area (Å²) < 4.78 is 0. The smallest absolute Gasteiger partial charge is 0.300 e. The molecule has 0 atom stereocenters. The van der Waals surface area contributed by atoms with Crippen LogP contribution in [0.5, 0.6) is 0 Å². The number of hydrogen-bond acceptors (Lipinski definition) is 8. The van der Waals surface area contributed by atoms with Crippen LogP contribution in [0.3, 0.4) is 0 Å². The van der Waals surface area contributed by atoms with Crippen molar-refractivity contribution >= 4 is 30.1 Å². The van der Waals surface area contributed by atoms with E-state index in [1.165, 1.54) is 6.21 Å². The zero-order chi connectivity index (χ0) is 24.1. The van der Waals surface area contributed by atoms with Crippen molar-refractivity contribution in [1.82, 2.24) is 16.0 Å². The summed E-state index contributed by atoms with van der Waals surface area (Å²) in [6.45, 7) is 12.5. The largest absolute Gasteiger partial charge is 0.481 e. The molecule has 0 saturated carbocycles. The molecule has 0 unspecified atom stereocenters. The minimum Gasteiger partial charge on any atom is -0.481 e. The third-order valence-electron chi connectivity index (χ3n) is 1.67. The Morgan fingerprint density at radius 2 is 0.897 bits per heavy atom. The van der Waals surface area contributed by atoms with Gasteiger partial charge in [0, 0.05) is 60.4 Å². The van der Waals surface area contributed by atoms with Crippen LogP contribution in [0.4, 0.5) is 0 Å². The van der Waals surface area contributed by atoms with Gasteiger partial charge in [-0.3, -0.25) is 19.2 Å². The molecule has 0 aliphatic carbocycles. The van der Waals surface area contributed by atoms with Gasteiger partial charge in [0.2, 0.25) is 0 Å². The standard InChI is InChI=1S/C9H22N4.4C2H4O2/c1-2-11-6-7-13-9-8-12-5-3-4-10;4*1-2(3)4/h4,10-13H,2-3,5-9H2,1H3;4*1H3,(H,3,4). The fourth-order valence-electron chi connectivity index (χ4n) is 0.955. The number of carboxylic acid groups (broad SMARTS) is 4. The lowest BCUT2D eigenvalue weighted by Crippen LogP contribution is -2.32. The average Bonchev–Trinajstić information content (AvgIpc) is 2.51. The Balaban J connectivity index is -0.0000000984. The molecule has 0 aliphatic heterocycles. The molecule has 12 nitrogen and oxygen atoms in total. The summed E-state index contributed by atoms with van der Waals surface area (Å²) in [6, 6.07) is 0. The monoisotopic (exact) mass is 426 g/mol. The van der Waals surface area contributed by atoms with Crippen molar-refractivity contribution in [2.24, 2.45) is 0 Å². The van der Waals surface area contributed by atoms with Crippen molar-refractivity contribution in [2.45, 2.75) is 41.0 Å². The molecule has 0 bridgehead atoms. The van der Waals surface area contributed by atoms with Crippen molar-refractivity contribution in [3.63, 3.8) is 0 Å². The molecule has 0 amide bonds. The Morgan fingerprint density at radius 3 is 1.14 bits per heavy atom. The van der Waals surface area contributed by atoms with E-state index in [-0.39, 0.29) is 0 Å². The lowest BCUT2D eigenvalue weighted by molar-refractivity contribution is -0.135.